The van der Waals surface area contributed by atoms with Crippen molar-refractivity contribution < 1.29 is 4.92 Å². The fraction of sp³-hybridized carbons (Fsp3) is 0.100. The summed E-state index contributed by atoms with van der Waals surface area (Å²) in [4.78, 5) is 23.6. The van der Waals surface area contributed by atoms with E-state index in [0.29, 0.717) is 11.3 Å². The third-order valence-electron chi connectivity index (χ3n) is 2.25. The van der Waals surface area contributed by atoms with Gasteiger partial charge in [0.05, 0.1) is 4.92 Å². The first-order valence-corrected chi connectivity index (χ1v) is 5.00. The molecule has 2 rings (SSSR count). The maximum atomic E-state index is 11.0. The van der Waals surface area contributed by atoms with E-state index in [0.717, 1.165) is 6.20 Å². The number of hydrogen-bond donors (Lipinski definition) is 2. The molecular weight excluding hydrogens is 238 g/mol. The number of anilines is 2. The molecule has 0 radical (unpaired) electrons. The minimum absolute atomic E-state index is 0.00527. The van der Waals surface area contributed by atoms with Gasteiger partial charge in [0.2, 0.25) is 5.95 Å². The lowest BCUT2D eigenvalue weighted by molar-refractivity contribution is -0.384. The average molecular weight is 247 g/mol. The van der Waals surface area contributed by atoms with Gasteiger partial charge in [-0.25, -0.2) is 0 Å². The van der Waals surface area contributed by atoms with E-state index in [1.807, 2.05) is 0 Å². The highest BCUT2D eigenvalue weighted by Crippen LogP contribution is 2.22. The van der Waals surface area contributed by atoms with E-state index < -0.39 is 4.92 Å². The number of nitrogens with zero attached hydrogens (tertiary/aromatic N) is 3. The molecule has 0 fully saturated rings. The smallest absolute Gasteiger partial charge is 0.271 e. The van der Waals surface area contributed by atoms with Crippen molar-refractivity contribution in [3.05, 3.63) is 50.4 Å². The van der Waals surface area contributed by atoms with Crippen LogP contribution in [0.2, 0.25) is 0 Å². The average Bonchev–Trinajstić information content (AvgIpc) is 2.31. The normalized spacial score (nSPS) is 10.1. The van der Waals surface area contributed by atoms with Crippen LogP contribution in [0.4, 0.5) is 17.3 Å². The summed E-state index contributed by atoms with van der Waals surface area (Å²) in [6, 6.07) is 4.33. The molecule has 1 heterocycles. The maximum Gasteiger partial charge on any atom is 0.271 e. The number of aromatic nitrogens is 3. The molecule has 0 atom stereocenters. The van der Waals surface area contributed by atoms with Crippen LogP contribution in [0, 0.1) is 17.0 Å². The van der Waals surface area contributed by atoms with Crippen LogP contribution in [0.3, 0.4) is 0 Å². The van der Waals surface area contributed by atoms with Crippen molar-refractivity contribution in [2.45, 2.75) is 6.92 Å². The number of nitro groups is 1. The first-order chi connectivity index (χ1) is 8.56. The van der Waals surface area contributed by atoms with Gasteiger partial charge in [-0.15, -0.1) is 10.2 Å². The van der Waals surface area contributed by atoms with E-state index in [2.05, 4.69) is 20.5 Å². The topological polar surface area (TPSA) is 114 Å². The molecule has 2 aromatic rings. The van der Waals surface area contributed by atoms with Crippen LogP contribution in [0.15, 0.2) is 29.2 Å². The number of H-pyrrole nitrogens is 1. The van der Waals surface area contributed by atoms with Crippen LogP contribution in [-0.4, -0.2) is 20.1 Å². The van der Waals surface area contributed by atoms with Crippen LogP contribution in [0.25, 0.3) is 0 Å². The standard InChI is InChI=1S/C10H9N5O3/c1-6-4-7(15(17)18)2-3-8(6)12-10-13-9(16)5-11-14-10/h2-5H,1H3,(H2,12,13,14,16). The van der Waals surface area contributed by atoms with Gasteiger partial charge in [-0.1, -0.05) is 0 Å². The summed E-state index contributed by atoms with van der Waals surface area (Å²) in [5.41, 5.74) is 0.894. The predicted octanol–water partition coefficient (Wildman–Crippen LogP) is 1.13. The van der Waals surface area contributed by atoms with Crippen LogP contribution < -0.4 is 10.9 Å². The molecule has 8 nitrogen and oxygen atoms in total. The Morgan fingerprint density at radius 2 is 2.22 bits per heavy atom. The molecule has 2 N–H and O–H groups in total. The Labute approximate surface area is 101 Å². The zero-order valence-corrected chi connectivity index (χ0v) is 9.38. The van der Waals surface area contributed by atoms with E-state index in [4.69, 9.17) is 0 Å². The van der Waals surface area contributed by atoms with Gasteiger partial charge in [0.1, 0.15) is 6.20 Å². The summed E-state index contributed by atoms with van der Waals surface area (Å²) in [5, 5.41) is 20.6. The van der Waals surface area contributed by atoms with Crippen molar-refractivity contribution in [1.82, 2.24) is 15.2 Å². The summed E-state index contributed by atoms with van der Waals surface area (Å²) >= 11 is 0. The molecular formula is C10H9N5O3. The summed E-state index contributed by atoms with van der Waals surface area (Å²) in [5.74, 6) is 0.180. The van der Waals surface area contributed by atoms with Gasteiger partial charge in [-0.3, -0.25) is 19.9 Å². The SMILES string of the molecule is Cc1cc([N+](=O)[O-])ccc1Nc1nncc(=O)[nH]1. The minimum atomic E-state index is -0.471. The zero-order chi connectivity index (χ0) is 13.1. The van der Waals surface area contributed by atoms with Crippen molar-refractivity contribution in [3.8, 4) is 0 Å². The number of rotatable bonds is 3. The van der Waals surface area contributed by atoms with E-state index in [1.54, 1.807) is 13.0 Å². The molecule has 0 saturated carbocycles. The fourth-order valence-electron chi connectivity index (χ4n) is 1.40. The number of aryl methyl sites for hydroxylation is 1. The molecule has 0 amide bonds. The molecule has 0 aliphatic heterocycles. The molecule has 0 bridgehead atoms. The van der Waals surface area contributed by atoms with Crippen molar-refractivity contribution >= 4 is 17.3 Å². The number of aromatic amines is 1. The molecule has 0 unspecified atom stereocenters. The Morgan fingerprint density at radius 3 is 2.83 bits per heavy atom. The number of nitrogens with one attached hydrogen (secondary N) is 2. The largest absolute Gasteiger partial charge is 0.324 e. The highest BCUT2D eigenvalue weighted by molar-refractivity contribution is 5.60. The Hall–Kier alpha value is -2.77. The Balaban J connectivity index is 2.30. The van der Waals surface area contributed by atoms with E-state index in [9.17, 15) is 14.9 Å². The van der Waals surface area contributed by atoms with Gasteiger partial charge >= 0.3 is 0 Å². The quantitative estimate of drug-likeness (QED) is 0.620. The number of benzene rings is 1. The predicted molar refractivity (Wildman–Crippen MR) is 63.8 cm³/mol. The third-order valence-corrected chi connectivity index (χ3v) is 2.25. The van der Waals surface area contributed by atoms with Gasteiger partial charge in [0.15, 0.2) is 0 Å². The molecule has 18 heavy (non-hydrogen) atoms. The Bertz CT molecular complexity index is 652. The number of hydrogen-bond acceptors (Lipinski definition) is 6. The first kappa shape index (κ1) is 11.7. The lowest BCUT2D eigenvalue weighted by Crippen LogP contribution is -2.11. The molecule has 0 aliphatic carbocycles. The minimum Gasteiger partial charge on any atom is -0.324 e. The molecule has 1 aromatic heterocycles. The van der Waals surface area contributed by atoms with Crippen LogP contribution in [-0.2, 0) is 0 Å². The Kier molecular flexibility index (Phi) is 3.00. The lowest BCUT2D eigenvalue weighted by Gasteiger charge is -2.07. The number of nitro benzene ring substituents is 1. The number of non-ortho nitro benzene ring substituents is 1. The van der Waals surface area contributed by atoms with E-state index >= 15 is 0 Å². The zero-order valence-electron chi connectivity index (χ0n) is 9.38. The van der Waals surface area contributed by atoms with E-state index in [-0.39, 0.29) is 17.2 Å². The summed E-state index contributed by atoms with van der Waals surface area (Å²) in [7, 11) is 0. The highest BCUT2D eigenvalue weighted by Gasteiger charge is 2.08. The van der Waals surface area contributed by atoms with Crippen LogP contribution in [0.1, 0.15) is 5.56 Å². The van der Waals surface area contributed by atoms with Crippen molar-refractivity contribution in [3.63, 3.8) is 0 Å². The maximum absolute atomic E-state index is 11.0. The molecule has 1 aromatic carbocycles. The third kappa shape index (κ3) is 2.48. The van der Waals surface area contributed by atoms with Crippen LogP contribution in [0.5, 0.6) is 0 Å². The van der Waals surface area contributed by atoms with Crippen molar-refractivity contribution in [1.29, 1.82) is 0 Å². The van der Waals surface area contributed by atoms with Gasteiger partial charge in [-0.2, -0.15) is 0 Å². The first-order valence-electron chi connectivity index (χ1n) is 5.00. The van der Waals surface area contributed by atoms with Gasteiger partial charge in [-0.05, 0) is 18.6 Å². The highest BCUT2D eigenvalue weighted by atomic mass is 16.6. The summed E-state index contributed by atoms with van der Waals surface area (Å²) in [6.07, 6.45) is 1.05. The molecule has 0 spiro atoms. The molecule has 8 heteroatoms. The summed E-state index contributed by atoms with van der Waals surface area (Å²) < 4.78 is 0. The van der Waals surface area contributed by atoms with Gasteiger partial charge < -0.3 is 5.32 Å². The second-order valence-corrected chi connectivity index (χ2v) is 3.56. The lowest BCUT2D eigenvalue weighted by atomic mass is 10.2. The monoisotopic (exact) mass is 247 g/mol. The Morgan fingerprint density at radius 1 is 1.44 bits per heavy atom. The fourth-order valence-corrected chi connectivity index (χ4v) is 1.40. The van der Waals surface area contributed by atoms with E-state index in [1.165, 1.54) is 12.1 Å². The second kappa shape index (κ2) is 4.62. The van der Waals surface area contributed by atoms with Crippen molar-refractivity contribution in [2.24, 2.45) is 0 Å². The molecule has 0 saturated heterocycles. The second-order valence-electron chi connectivity index (χ2n) is 3.56. The van der Waals surface area contributed by atoms with Gasteiger partial charge in [0.25, 0.3) is 11.2 Å². The molecule has 0 aliphatic rings. The molecule has 92 valence electrons. The van der Waals surface area contributed by atoms with Crippen molar-refractivity contribution in [2.75, 3.05) is 5.32 Å². The van der Waals surface area contributed by atoms with Crippen LogP contribution >= 0.6 is 0 Å². The summed E-state index contributed by atoms with van der Waals surface area (Å²) in [6.45, 7) is 1.71. The van der Waals surface area contributed by atoms with Gasteiger partial charge in [0, 0.05) is 17.8 Å².